The van der Waals surface area contributed by atoms with Crippen LogP contribution in [0, 0.1) is 12.7 Å². The summed E-state index contributed by atoms with van der Waals surface area (Å²) >= 11 is 5.95. The number of pyridine rings is 1. The number of hydrogen-bond acceptors (Lipinski definition) is 5. The molecule has 10 heteroatoms. The van der Waals surface area contributed by atoms with E-state index in [1.807, 2.05) is 0 Å². The normalized spacial score (nSPS) is 14.8. The molecule has 0 saturated carbocycles. The van der Waals surface area contributed by atoms with E-state index in [0.29, 0.717) is 10.9 Å². The highest BCUT2D eigenvalue weighted by molar-refractivity contribution is 6.30. The van der Waals surface area contributed by atoms with Gasteiger partial charge in [-0.1, -0.05) is 17.7 Å². The third kappa shape index (κ3) is 4.46. The van der Waals surface area contributed by atoms with E-state index in [-0.39, 0.29) is 16.3 Å². The van der Waals surface area contributed by atoms with E-state index >= 15 is 0 Å². The second kappa shape index (κ2) is 9.09. The number of aryl methyl sites for hydroxylation is 1. The van der Waals surface area contributed by atoms with Crippen LogP contribution < -0.4 is 10.1 Å². The lowest BCUT2D eigenvalue weighted by Crippen LogP contribution is -2.56. The number of alkyl halides is 3. The highest BCUT2D eigenvalue weighted by Crippen LogP contribution is 2.46. The van der Waals surface area contributed by atoms with Crippen molar-refractivity contribution >= 4 is 28.2 Å². The Balaban J connectivity index is 2.28. The molecule has 0 spiro atoms. The van der Waals surface area contributed by atoms with Gasteiger partial charge in [-0.3, -0.25) is 4.98 Å². The van der Waals surface area contributed by atoms with Gasteiger partial charge in [0.1, 0.15) is 0 Å². The van der Waals surface area contributed by atoms with Gasteiger partial charge in [0.25, 0.3) is 0 Å². The van der Waals surface area contributed by atoms with Crippen LogP contribution >= 0.6 is 11.6 Å². The minimum atomic E-state index is -5.16. The summed E-state index contributed by atoms with van der Waals surface area (Å²) in [5.41, 5.74) is -2.31. The Morgan fingerprint density at radius 1 is 1.16 bits per heavy atom. The summed E-state index contributed by atoms with van der Waals surface area (Å²) < 4.78 is 66.8. The number of nitrogens with zero attached hydrogens (tertiary/aromatic N) is 1. The summed E-state index contributed by atoms with van der Waals surface area (Å²) in [7, 11) is 2.13. The summed E-state index contributed by atoms with van der Waals surface area (Å²) in [5, 5.41) is 14.0. The molecule has 0 bridgehead atoms. The molecule has 32 heavy (non-hydrogen) atoms. The van der Waals surface area contributed by atoms with Gasteiger partial charge in [0.15, 0.2) is 11.6 Å². The smallest absolute Gasteiger partial charge is 0.421 e. The molecule has 1 aromatic heterocycles. The number of methoxy groups -OCH3 is 2. The van der Waals surface area contributed by atoms with Gasteiger partial charge >= 0.3 is 6.18 Å². The first kappa shape index (κ1) is 24.0. The van der Waals surface area contributed by atoms with Crippen molar-refractivity contribution in [1.82, 2.24) is 4.98 Å². The van der Waals surface area contributed by atoms with Crippen molar-refractivity contribution < 1.29 is 32.1 Å². The van der Waals surface area contributed by atoms with Crippen molar-refractivity contribution in [2.75, 3.05) is 26.1 Å². The van der Waals surface area contributed by atoms with E-state index in [9.17, 15) is 22.7 Å². The Bertz CT molecular complexity index is 1130. The fourth-order valence-corrected chi connectivity index (χ4v) is 3.76. The van der Waals surface area contributed by atoms with Crippen molar-refractivity contribution in [2.45, 2.75) is 24.7 Å². The first-order valence-electron chi connectivity index (χ1n) is 9.45. The molecule has 0 fully saturated rings. The molecule has 0 aliphatic rings. The highest BCUT2D eigenvalue weighted by Gasteiger charge is 2.60. The van der Waals surface area contributed by atoms with Crippen LogP contribution in [0.5, 0.6) is 5.75 Å². The van der Waals surface area contributed by atoms with E-state index < -0.39 is 36.0 Å². The molecule has 0 radical (unpaired) electrons. The fourth-order valence-electron chi connectivity index (χ4n) is 3.55. The molecule has 0 amide bonds. The van der Waals surface area contributed by atoms with Gasteiger partial charge in [-0.25, -0.2) is 4.39 Å². The second-order valence-electron chi connectivity index (χ2n) is 7.27. The number of hydrogen-bond donors (Lipinski definition) is 2. The average Bonchev–Trinajstić information content (AvgIpc) is 2.70. The zero-order chi connectivity index (χ0) is 23.7. The highest BCUT2D eigenvalue weighted by atomic mass is 35.5. The Morgan fingerprint density at radius 3 is 2.50 bits per heavy atom. The molecular formula is C22H21ClF4N2O3. The number of nitrogens with one attached hydrogen (secondary N) is 1. The number of aliphatic hydroxyl groups is 1. The largest absolute Gasteiger partial charge is 0.493 e. The Hall–Kier alpha value is -2.62. The van der Waals surface area contributed by atoms with Crippen LogP contribution in [0.2, 0.25) is 5.02 Å². The molecule has 0 aliphatic heterocycles. The van der Waals surface area contributed by atoms with Crippen molar-refractivity contribution in [2.24, 2.45) is 0 Å². The van der Waals surface area contributed by atoms with Gasteiger partial charge in [0.2, 0.25) is 5.60 Å². The van der Waals surface area contributed by atoms with E-state index in [0.717, 1.165) is 32.0 Å². The maximum atomic E-state index is 14.5. The maximum absolute atomic E-state index is 14.5. The predicted octanol–water partition coefficient (Wildman–Crippen LogP) is 5.44. The Morgan fingerprint density at radius 2 is 1.88 bits per heavy atom. The maximum Gasteiger partial charge on any atom is 0.421 e. The number of rotatable bonds is 7. The Labute approximate surface area is 186 Å². The molecule has 1 heterocycles. The van der Waals surface area contributed by atoms with Crippen molar-refractivity contribution in [3.63, 3.8) is 0 Å². The monoisotopic (exact) mass is 472 g/mol. The SMILES string of the molecule is COCC(O)(C(Nc1cccc2nc(C)ccc12)c1cc(Cl)cc(F)c1OC)C(F)(F)F. The predicted molar refractivity (Wildman–Crippen MR) is 114 cm³/mol. The minimum Gasteiger partial charge on any atom is -0.493 e. The second-order valence-corrected chi connectivity index (χ2v) is 7.70. The molecule has 3 rings (SSSR count). The van der Waals surface area contributed by atoms with Gasteiger partial charge in [-0.05, 0) is 43.3 Å². The van der Waals surface area contributed by atoms with Gasteiger partial charge in [-0.2, -0.15) is 13.2 Å². The van der Waals surface area contributed by atoms with Crippen molar-refractivity contribution in [1.29, 1.82) is 0 Å². The number of ether oxygens (including phenoxy) is 2. The standard InChI is InChI=1S/C22H21ClF4N2O3/c1-12-7-8-14-17(28-12)5-4-6-18(14)29-20(21(30,11-31-2)22(25,26)27)15-9-13(23)10-16(24)19(15)32-3/h4-10,20,29-30H,11H2,1-3H3. The number of anilines is 1. The van der Waals surface area contributed by atoms with Crippen LogP contribution in [0.1, 0.15) is 17.3 Å². The zero-order valence-corrected chi connectivity index (χ0v) is 18.2. The van der Waals surface area contributed by atoms with E-state index in [2.05, 4.69) is 10.3 Å². The summed E-state index contributed by atoms with van der Waals surface area (Å²) in [6.45, 7) is 0.649. The van der Waals surface area contributed by atoms with Crippen molar-refractivity contribution in [3.8, 4) is 5.75 Å². The summed E-state index contributed by atoms with van der Waals surface area (Å²) in [6, 6.07) is 8.31. The third-order valence-electron chi connectivity index (χ3n) is 5.06. The molecule has 0 saturated heterocycles. The number of benzene rings is 2. The quantitative estimate of drug-likeness (QED) is 0.448. The lowest BCUT2D eigenvalue weighted by Gasteiger charge is -2.39. The van der Waals surface area contributed by atoms with Gasteiger partial charge in [-0.15, -0.1) is 0 Å². The van der Waals surface area contributed by atoms with E-state index in [1.165, 1.54) is 6.07 Å². The molecule has 2 unspecified atom stereocenters. The van der Waals surface area contributed by atoms with Crippen LogP contribution in [-0.2, 0) is 4.74 Å². The van der Waals surface area contributed by atoms with E-state index in [4.69, 9.17) is 21.1 Å². The number of fused-ring (bicyclic) bond motifs is 1. The van der Waals surface area contributed by atoms with Crippen LogP contribution in [-0.4, -0.2) is 42.7 Å². The molecular weight excluding hydrogens is 452 g/mol. The zero-order valence-electron chi connectivity index (χ0n) is 17.4. The first-order valence-corrected chi connectivity index (χ1v) is 9.83. The third-order valence-corrected chi connectivity index (χ3v) is 5.27. The minimum absolute atomic E-state index is 0.165. The van der Waals surface area contributed by atoms with Gasteiger partial charge in [0.05, 0.1) is 25.3 Å². The summed E-state index contributed by atoms with van der Waals surface area (Å²) in [6.07, 6.45) is -5.16. The molecule has 172 valence electrons. The van der Waals surface area contributed by atoms with Crippen LogP contribution in [0.3, 0.4) is 0 Å². The van der Waals surface area contributed by atoms with Gasteiger partial charge in [0, 0.05) is 34.5 Å². The number of aromatic nitrogens is 1. The molecule has 2 atom stereocenters. The molecule has 5 nitrogen and oxygen atoms in total. The molecule has 2 aromatic carbocycles. The lowest BCUT2D eigenvalue weighted by atomic mass is 9.87. The fraction of sp³-hybridized carbons (Fsp3) is 0.318. The van der Waals surface area contributed by atoms with Crippen LogP contribution in [0.15, 0.2) is 42.5 Å². The summed E-state index contributed by atoms with van der Waals surface area (Å²) in [5.74, 6) is -1.46. The van der Waals surface area contributed by atoms with Crippen LogP contribution in [0.25, 0.3) is 10.9 Å². The van der Waals surface area contributed by atoms with Crippen LogP contribution in [0.4, 0.5) is 23.2 Å². The van der Waals surface area contributed by atoms with Gasteiger partial charge < -0.3 is 19.9 Å². The topological polar surface area (TPSA) is 63.6 Å². The molecule has 3 aromatic rings. The first-order chi connectivity index (χ1) is 15.0. The van der Waals surface area contributed by atoms with E-state index in [1.54, 1.807) is 31.2 Å². The number of halogens is 5. The van der Waals surface area contributed by atoms with Crippen molar-refractivity contribution in [3.05, 3.63) is 64.6 Å². The molecule has 0 aliphatic carbocycles. The summed E-state index contributed by atoms with van der Waals surface area (Å²) in [4.78, 5) is 4.37. The Kier molecular flexibility index (Phi) is 6.83. The average molecular weight is 473 g/mol. The molecule has 2 N–H and O–H groups in total. The lowest BCUT2D eigenvalue weighted by molar-refractivity contribution is -0.279.